The molecule has 2 aromatic rings. The Hall–Kier alpha value is -1.78. The summed E-state index contributed by atoms with van der Waals surface area (Å²) in [5, 5.41) is 0.400. The molecule has 0 aliphatic heterocycles. The molecule has 0 spiro atoms. The molecule has 0 aromatic heterocycles. The van der Waals surface area contributed by atoms with Gasteiger partial charge in [-0.2, -0.15) is 0 Å². The second kappa shape index (κ2) is 6.33. The van der Waals surface area contributed by atoms with Crippen LogP contribution in [0.25, 0.3) is 0 Å². The first-order valence-corrected chi connectivity index (χ1v) is 6.88. The lowest BCUT2D eigenvalue weighted by atomic mass is 10.1. The van der Waals surface area contributed by atoms with Gasteiger partial charge in [-0.1, -0.05) is 35.3 Å². The van der Waals surface area contributed by atoms with Crippen LogP contribution in [0.4, 0.5) is 10.1 Å². The van der Waals surface area contributed by atoms with Crippen molar-refractivity contribution < 1.29 is 9.18 Å². The molecule has 0 aliphatic rings. The average molecular weight is 327 g/mol. The van der Waals surface area contributed by atoms with E-state index in [9.17, 15) is 9.18 Å². The van der Waals surface area contributed by atoms with Gasteiger partial charge in [0.2, 0.25) is 0 Å². The largest absolute Gasteiger partial charge is 0.399 e. The van der Waals surface area contributed by atoms with Crippen LogP contribution in [-0.2, 0) is 6.54 Å². The monoisotopic (exact) mass is 326 g/mol. The van der Waals surface area contributed by atoms with E-state index in [1.807, 2.05) is 0 Å². The lowest BCUT2D eigenvalue weighted by Crippen LogP contribution is -2.26. The zero-order chi connectivity index (χ0) is 15.6. The number of rotatable bonds is 3. The quantitative estimate of drug-likeness (QED) is 0.867. The van der Waals surface area contributed by atoms with E-state index in [-0.39, 0.29) is 27.3 Å². The molecule has 0 fully saturated rings. The molecular weight excluding hydrogens is 314 g/mol. The fraction of sp³-hybridized carbons (Fsp3) is 0.133. The predicted octanol–water partition coefficient (Wildman–Crippen LogP) is 3.99. The molecule has 0 saturated heterocycles. The summed E-state index contributed by atoms with van der Waals surface area (Å²) in [5.41, 5.74) is 7.09. The highest BCUT2D eigenvalue weighted by Crippen LogP contribution is 2.29. The maximum atomic E-state index is 12.9. The summed E-state index contributed by atoms with van der Waals surface area (Å²) in [6, 6.07) is 8.90. The van der Waals surface area contributed by atoms with Crippen molar-refractivity contribution in [2.75, 3.05) is 12.8 Å². The number of hydrogen-bond donors (Lipinski definition) is 1. The van der Waals surface area contributed by atoms with Crippen molar-refractivity contribution in [3.05, 3.63) is 63.4 Å². The van der Waals surface area contributed by atoms with E-state index >= 15 is 0 Å². The van der Waals surface area contributed by atoms with Gasteiger partial charge in [-0.15, -0.1) is 0 Å². The van der Waals surface area contributed by atoms with E-state index in [2.05, 4.69) is 0 Å². The molecule has 110 valence electrons. The minimum absolute atomic E-state index is 0.168. The van der Waals surface area contributed by atoms with Crippen LogP contribution in [0.15, 0.2) is 36.4 Å². The molecule has 2 rings (SSSR count). The van der Waals surface area contributed by atoms with Crippen molar-refractivity contribution in [1.82, 2.24) is 4.90 Å². The van der Waals surface area contributed by atoms with Gasteiger partial charge in [-0.25, -0.2) is 4.39 Å². The molecule has 0 saturated carbocycles. The lowest BCUT2D eigenvalue weighted by molar-refractivity contribution is 0.0785. The number of hydrogen-bond acceptors (Lipinski definition) is 2. The topological polar surface area (TPSA) is 46.3 Å². The first-order valence-electron chi connectivity index (χ1n) is 6.13. The van der Waals surface area contributed by atoms with Crippen LogP contribution in [0, 0.1) is 5.82 Å². The molecule has 3 nitrogen and oxygen atoms in total. The maximum Gasteiger partial charge on any atom is 0.255 e. The molecule has 21 heavy (non-hydrogen) atoms. The second-order valence-electron chi connectivity index (χ2n) is 4.65. The normalized spacial score (nSPS) is 10.5. The molecule has 0 unspecified atom stereocenters. The second-order valence-corrected chi connectivity index (χ2v) is 5.44. The Morgan fingerprint density at radius 1 is 1.24 bits per heavy atom. The molecule has 0 bridgehead atoms. The van der Waals surface area contributed by atoms with Crippen LogP contribution in [0.3, 0.4) is 0 Å². The summed E-state index contributed by atoms with van der Waals surface area (Å²) in [7, 11) is 1.62. The van der Waals surface area contributed by atoms with Crippen LogP contribution in [-0.4, -0.2) is 17.9 Å². The van der Waals surface area contributed by atoms with Crippen LogP contribution < -0.4 is 5.73 Å². The maximum absolute atomic E-state index is 12.9. The molecule has 2 N–H and O–H groups in total. The minimum atomic E-state index is -0.321. The fourth-order valence-electron chi connectivity index (χ4n) is 1.91. The van der Waals surface area contributed by atoms with Crippen molar-refractivity contribution >= 4 is 34.8 Å². The van der Waals surface area contributed by atoms with Gasteiger partial charge in [0.15, 0.2) is 0 Å². The number of nitrogen functional groups attached to an aromatic ring is 1. The van der Waals surface area contributed by atoms with Gasteiger partial charge in [0.25, 0.3) is 5.91 Å². The van der Waals surface area contributed by atoms with E-state index in [1.54, 1.807) is 19.2 Å². The van der Waals surface area contributed by atoms with Gasteiger partial charge < -0.3 is 10.6 Å². The fourth-order valence-corrected chi connectivity index (χ4v) is 2.32. The van der Waals surface area contributed by atoms with Crippen LogP contribution >= 0.6 is 23.2 Å². The Kier molecular flexibility index (Phi) is 4.70. The Labute approximate surface area is 132 Å². The van der Waals surface area contributed by atoms with Gasteiger partial charge in [0, 0.05) is 19.3 Å². The number of nitrogens with zero attached hydrogens (tertiary/aromatic N) is 1. The van der Waals surface area contributed by atoms with E-state index < -0.39 is 0 Å². The molecule has 2 aromatic carbocycles. The highest BCUT2D eigenvalue weighted by molar-refractivity contribution is 6.44. The Balaban J connectivity index is 2.21. The number of benzene rings is 2. The highest BCUT2D eigenvalue weighted by atomic mass is 35.5. The zero-order valence-electron chi connectivity index (χ0n) is 11.2. The average Bonchev–Trinajstić information content (AvgIpc) is 2.44. The van der Waals surface area contributed by atoms with Gasteiger partial charge in [0.1, 0.15) is 5.82 Å². The first kappa shape index (κ1) is 15.6. The standard InChI is InChI=1S/C15H13Cl2FN2O/c1-20(8-9-2-4-10(18)5-3-9)15(21)12-6-11(19)7-13(16)14(12)17/h2-7H,8,19H2,1H3. The minimum Gasteiger partial charge on any atom is -0.399 e. The third kappa shape index (κ3) is 3.65. The van der Waals surface area contributed by atoms with Crippen molar-refractivity contribution in [3.63, 3.8) is 0 Å². The van der Waals surface area contributed by atoms with E-state index in [0.29, 0.717) is 12.2 Å². The van der Waals surface area contributed by atoms with Crippen LogP contribution in [0.1, 0.15) is 15.9 Å². The Morgan fingerprint density at radius 3 is 2.48 bits per heavy atom. The van der Waals surface area contributed by atoms with E-state index in [0.717, 1.165) is 5.56 Å². The third-order valence-corrected chi connectivity index (χ3v) is 3.76. The molecule has 0 radical (unpaired) electrons. The van der Waals surface area contributed by atoms with Gasteiger partial charge in [-0.3, -0.25) is 4.79 Å². The van der Waals surface area contributed by atoms with Gasteiger partial charge in [-0.05, 0) is 29.8 Å². The number of amides is 1. The van der Waals surface area contributed by atoms with Gasteiger partial charge >= 0.3 is 0 Å². The summed E-state index contributed by atoms with van der Waals surface area (Å²) < 4.78 is 12.9. The Bertz CT molecular complexity index is 674. The molecule has 0 atom stereocenters. The van der Waals surface area contributed by atoms with Crippen molar-refractivity contribution in [2.45, 2.75) is 6.54 Å². The van der Waals surface area contributed by atoms with E-state index in [4.69, 9.17) is 28.9 Å². The zero-order valence-corrected chi connectivity index (χ0v) is 12.7. The Morgan fingerprint density at radius 2 is 1.86 bits per heavy atom. The SMILES string of the molecule is CN(Cc1ccc(F)cc1)C(=O)c1cc(N)cc(Cl)c1Cl. The lowest BCUT2D eigenvalue weighted by Gasteiger charge is -2.18. The molecule has 1 amide bonds. The summed E-state index contributed by atoms with van der Waals surface area (Å²) in [6.45, 7) is 0.321. The summed E-state index contributed by atoms with van der Waals surface area (Å²) in [6.07, 6.45) is 0. The molecule has 0 heterocycles. The smallest absolute Gasteiger partial charge is 0.255 e. The third-order valence-electron chi connectivity index (χ3n) is 2.96. The molecular formula is C15H13Cl2FN2O. The molecule has 6 heteroatoms. The first-order chi connectivity index (χ1) is 9.88. The number of nitrogens with two attached hydrogens (primary N) is 1. The van der Waals surface area contributed by atoms with Crippen molar-refractivity contribution in [1.29, 1.82) is 0 Å². The van der Waals surface area contributed by atoms with Gasteiger partial charge in [0.05, 0.1) is 15.6 Å². The predicted molar refractivity (Wildman–Crippen MR) is 83.1 cm³/mol. The summed E-state index contributed by atoms with van der Waals surface area (Å²) >= 11 is 12.0. The van der Waals surface area contributed by atoms with E-state index in [1.165, 1.54) is 29.2 Å². The van der Waals surface area contributed by atoms with Crippen molar-refractivity contribution in [2.24, 2.45) is 0 Å². The van der Waals surface area contributed by atoms with Crippen LogP contribution in [0.2, 0.25) is 10.0 Å². The number of carbonyl (C=O) groups excluding carboxylic acids is 1. The summed E-state index contributed by atoms with van der Waals surface area (Å²) in [4.78, 5) is 13.9. The van der Waals surface area contributed by atoms with Crippen molar-refractivity contribution in [3.8, 4) is 0 Å². The number of anilines is 1. The highest BCUT2D eigenvalue weighted by Gasteiger charge is 2.18. The van der Waals surface area contributed by atoms with Crippen LogP contribution in [0.5, 0.6) is 0 Å². The number of halogens is 3. The molecule has 0 aliphatic carbocycles. The summed E-state index contributed by atoms with van der Waals surface area (Å²) in [5.74, 6) is -0.628. The number of carbonyl (C=O) groups is 1.